The summed E-state index contributed by atoms with van der Waals surface area (Å²) in [7, 11) is 1.68. The molecule has 0 unspecified atom stereocenters. The van der Waals surface area contributed by atoms with Crippen LogP contribution in [-0.2, 0) is 4.79 Å². The molecule has 3 rings (SSSR count). The van der Waals surface area contributed by atoms with Crippen LogP contribution in [0.4, 0.5) is 0 Å². The van der Waals surface area contributed by atoms with Gasteiger partial charge in [0, 0.05) is 18.7 Å². The van der Waals surface area contributed by atoms with Crippen molar-refractivity contribution in [2.75, 3.05) is 7.05 Å². The van der Waals surface area contributed by atoms with E-state index in [-0.39, 0.29) is 5.91 Å². The second-order valence-electron chi connectivity index (χ2n) is 4.76. The van der Waals surface area contributed by atoms with Crippen molar-refractivity contribution < 1.29 is 9.21 Å². The molecule has 106 valence electrons. The van der Waals surface area contributed by atoms with Gasteiger partial charge in [-0.2, -0.15) is 0 Å². The van der Waals surface area contributed by atoms with Crippen LogP contribution >= 0.6 is 24.0 Å². The molecule has 1 amide bonds. The number of amides is 1. The minimum atomic E-state index is -0.0844. The maximum atomic E-state index is 12.0. The second-order valence-corrected chi connectivity index (χ2v) is 6.43. The Kier molecular flexibility index (Phi) is 3.69. The standard InChI is InChI=1S/C16H13NO2S2/c1-10-5-3-4-6-12(10)13-8-7-11(19-13)9-14-15(18)17(2)16(20)21-14/h3-9H,1-2H3/b14-9-. The molecule has 2 heterocycles. The van der Waals surface area contributed by atoms with E-state index in [1.807, 2.05) is 43.3 Å². The van der Waals surface area contributed by atoms with Crippen LogP contribution in [0.2, 0.25) is 0 Å². The van der Waals surface area contributed by atoms with Crippen LogP contribution in [0.3, 0.4) is 0 Å². The number of furan rings is 1. The summed E-state index contributed by atoms with van der Waals surface area (Å²) < 4.78 is 6.39. The first-order chi connectivity index (χ1) is 10.1. The van der Waals surface area contributed by atoms with Crippen LogP contribution in [0.15, 0.2) is 45.7 Å². The minimum Gasteiger partial charge on any atom is -0.457 e. The third-order valence-corrected chi connectivity index (χ3v) is 4.78. The van der Waals surface area contributed by atoms with Gasteiger partial charge in [-0.05, 0) is 24.6 Å². The maximum absolute atomic E-state index is 12.0. The Bertz CT molecular complexity index is 761. The molecule has 5 heteroatoms. The highest BCUT2D eigenvalue weighted by Gasteiger charge is 2.29. The molecule has 0 saturated carbocycles. The van der Waals surface area contributed by atoms with Gasteiger partial charge in [-0.3, -0.25) is 9.69 Å². The fourth-order valence-corrected chi connectivity index (χ4v) is 3.26. The van der Waals surface area contributed by atoms with Crippen molar-refractivity contribution in [2.24, 2.45) is 0 Å². The zero-order valence-corrected chi connectivity index (χ0v) is 13.3. The number of carbonyl (C=O) groups is 1. The fraction of sp³-hybridized carbons (Fsp3) is 0.125. The van der Waals surface area contributed by atoms with Gasteiger partial charge in [0.05, 0.1) is 4.91 Å². The van der Waals surface area contributed by atoms with Crippen molar-refractivity contribution in [3.8, 4) is 11.3 Å². The Hall–Kier alpha value is -1.85. The summed E-state index contributed by atoms with van der Waals surface area (Å²) in [5, 5.41) is 0. The van der Waals surface area contributed by atoms with Crippen LogP contribution in [0.1, 0.15) is 11.3 Å². The average Bonchev–Trinajstić information content (AvgIpc) is 3.01. The van der Waals surface area contributed by atoms with Gasteiger partial charge in [0.15, 0.2) is 0 Å². The van der Waals surface area contributed by atoms with Gasteiger partial charge >= 0.3 is 0 Å². The highest BCUT2D eigenvalue weighted by Crippen LogP contribution is 2.33. The molecular weight excluding hydrogens is 302 g/mol. The van der Waals surface area contributed by atoms with Crippen LogP contribution in [-0.4, -0.2) is 22.2 Å². The lowest BCUT2D eigenvalue weighted by Gasteiger charge is -2.03. The van der Waals surface area contributed by atoms with E-state index >= 15 is 0 Å². The zero-order valence-electron chi connectivity index (χ0n) is 11.6. The van der Waals surface area contributed by atoms with Gasteiger partial charge in [0.2, 0.25) is 0 Å². The summed E-state index contributed by atoms with van der Waals surface area (Å²) in [5.74, 6) is 1.37. The molecule has 2 aromatic rings. The van der Waals surface area contributed by atoms with Crippen LogP contribution in [0.5, 0.6) is 0 Å². The SMILES string of the molecule is Cc1ccccc1-c1ccc(/C=C2\SC(=S)N(C)C2=O)o1. The summed E-state index contributed by atoms with van der Waals surface area (Å²) in [6, 6.07) is 11.8. The number of hydrogen-bond donors (Lipinski definition) is 0. The fourth-order valence-electron chi connectivity index (χ4n) is 2.10. The Morgan fingerprint density at radius 2 is 2.00 bits per heavy atom. The predicted molar refractivity (Wildman–Crippen MR) is 89.8 cm³/mol. The lowest BCUT2D eigenvalue weighted by Crippen LogP contribution is -2.22. The highest BCUT2D eigenvalue weighted by molar-refractivity contribution is 8.26. The molecule has 1 aliphatic heterocycles. The summed E-state index contributed by atoms with van der Waals surface area (Å²) >= 11 is 6.40. The number of thioether (sulfide) groups is 1. The van der Waals surface area contributed by atoms with E-state index in [0.717, 1.165) is 16.9 Å². The average molecular weight is 315 g/mol. The van der Waals surface area contributed by atoms with E-state index in [1.165, 1.54) is 16.7 Å². The summed E-state index contributed by atoms with van der Waals surface area (Å²) in [4.78, 5) is 14.0. The molecule has 21 heavy (non-hydrogen) atoms. The van der Waals surface area contributed by atoms with E-state index < -0.39 is 0 Å². The van der Waals surface area contributed by atoms with Crippen molar-refractivity contribution >= 4 is 40.3 Å². The highest BCUT2D eigenvalue weighted by atomic mass is 32.2. The van der Waals surface area contributed by atoms with E-state index in [2.05, 4.69) is 0 Å². The van der Waals surface area contributed by atoms with Gasteiger partial charge < -0.3 is 4.42 Å². The molecule has 0 spiro atoms. The van der Waals surface area contributed by atoms with E-state index in [0.29, 0.717) is 15.0 Å². The molecule has 0 bridgehead atoms. The maximum Gasteiger partial charge on any atom is 0.266 e. The molecule has 0 aliphatic carbocycles. The molecule has 1 fully saturated rings. The second kappa shape index (κ2) is 5.50. The van der Waals surface area contributed by atoms with Crippen molar-refractivity contribution in [3.63, 3.8) is 0 Å². The number of rotatable bonds is 2. The quantitative estimate of drug-likeness (QED) is 0.617. The van der Waals surface area contributed by atoms with Gasteiger partial charge in [-0.25, -0.2) is 0 Å². The third-order valence-electron chi connectivity index (χ3n) is 3.30. The van der Waals surface area contributed by atoms with Crippen molar-refractivity contribution in [1.29, 1.82) is 0 Å². The van der Waals surface area contributed by atoms with Crippen LogP contribution < -0.4 is 0 Å². The van der Waals surface area contributed by atoms with Crippen molar-refractivity contribution in [3.05, 3.63) is 52.6 Å². The normalized spacial score (nSPS) is 17.0. The van der Waals surface area contributed by atoms with Crippen LogP contribution in [0.25, 0.3) is 17.4 Å². The number of thiocarbonyl (C=S) groups is 1. The number of nitrogens with zero attached hydrogens (tertiary/aromatic N) is 1. The number of benzene rings is 1. The van der Waals surface area contributed by atoms with E-state index in [9.17, 15) is 4.79 Å². The lowest BCUT2D eigenvalue weighted by molar-refractivity contribution is -0.121. The number of likely N-dealkylation sites (N-methyl/N-ethyl adjacent to an activating group) is 1. The Labute approximate surface area is 132 Å². The smallest absolute Gasteiger partial charge is 0.266 e. The molecular formula is C16H13NO2S2. The van der Waals surface area contributed by atoms with Gasteiger partial charge in [-0.15, -0.1) is 0 Å². The van der Waals surface area contributed by atoms with Gasteiger partial charge in [-0.1, -0.05) is 48.2 Å². The largest absolute Gasteiger partial charge is 0.457 e. The number of carbonyl (C=O) groups excluding carboxylic acids is 1. The topological polar surface area (TPSA) is 33.5 Å². The summed E-state index contributed by atoms with van der Waals surface area (Å²) in [6.07, 6.45) is 1.74. The van der Waals surface area contributed by atoms with Gasteiger partial charge in [0.25, 0.3) is 5.91 Å². The Morgan fingerprint density at radius 1 is 1.24 bits per heavy atom. The predicted octanol–water partition coefficient (Wildman–Crippen LogP) is 4.09. The summed E-state index contributed by atoms with van der Waals surface area (Å²) in [6.45, 7) is 2.04. The van der Waals surface area contributed by atoms with Crippen LogP contribution in [0, 0.1) is 6.92 Å². The summed E-state index contributed by atoms with van der Waals surface area (Å²) in [5.41, 5.74) is 2.21. The molecule has 0 atom stereocenters. The Morgan fingerprint density at radius 3 is 2.67 bits per heavy atom. The molecule has 1 aromatic carbocycles. The van der Waals surface area contributed by atoms with Gasteiger partial charge in [0.1, 0.15) is 15.8 Å². The lowest BCUT2D eigenvalue weighted by atomic mass is 10.1. The van der Waals surface area contributed by atoms with E-state index in [4.69, 9.17) is 16.6 Å². The molecule has 1 saturated heterocycles. The molecule has 1 aromatic heterocycles. The molecule has 0 N–H and O–H groups in total. The zero-order chi connectivity index (χ0) is 15.0. The monoisotopic (exact) mass is 315 g/mol. The van der Waals surface area contributed by atoms with E-state index in [1.54, 1.807) is 13.1 Å². The first kappa shape index (κ1) is 14.1. The van der Waals surface area contributed by atoms with Crippen molar-refractivity contribution in [2.45, 2.75) is 6.92 Å². The molecule has 3 nitrogen and oxygen atoms in total. The number of aryl methyl sites for hydroxylation is 1. The third kappa shape index (κ3) is 2.66. The molecule has 1 aliphatic rings. The first-order valence-electron chi connectivity index (χ1n) is 6.43. The Balaban J connectivity index is 1.92. The minimum absolute atomic E-state index is 0.0844. The molecule has 0 radical (unpaired) electrons. The first-order valence-corrected chi connectivity index (χ1v) is 7.66. The van der Waals surface area contributed by atoms with Crippen molar-refractivity contribution in [1.82, 2.24) is 4.90 Å². The number of hydrogen-bond acceptors (Lipinski definition) is 4.